The highest BCUT2D eigenvalue weighted by Crippen LogP contribution is 2.12. The van der Waals surface area contributed by atoms with Crippen LogP contribution in [0.5, 0.6) is 0 Å². The number of hydrogen-bond acceptors (Lipinski definition) is 5. The first-order valence-electron chi connectivity index (χ1n) is 7.67. The van der Waals surface area contributed by atoms with Crippen molar-refractivity contribution in [2.24, 2.45) is 5.73 Å². The van der Waals surface area contributed by atoms with Crippen molar-refractivity contribution in [2.45, 2.75) is 18.4 Å². The summed E-state index contributed by atoms with van der Waals surface area (Å²) >= 11 is 0. The average Bonchev–Trinajstić information content (AvgIpc) is 2.61. The summed E-state index contributed by atoms with van der Waals surface area (Å²) in [4.78, 5) is 23.3. The highest BCUT2D eigenvalue weighted by Gasteiger charge is 2.28. The van der Waals surface area contributed by atoms with Gasteiger partial charge in [-0.1, -0.05) is 42.5 Å². The predicted octanol–water partition coefficient (Wildman–Crippen LogP) is 0.124. The van der Waals surface area contributed by atoms with Crippen LogP contribution in [0.3, 0.4) is 0 Å². The van der Waals surface area contributed by atoms with Gasteiger partial charge >= 0.3 is 13.1 Å². The molecule has 2 atom stereocenters. The highest BCUT2D eigenvalue weighted by atomic mass is 16.4. The van der Waals surface area contributed by atoms with E-state index in [0.29, 0.717) is 11.1 Å². The standard InChI is InChI=1S/C17H19BN2O5/c19-15(12-6-2-1-3-7-12)16(21)20-14(18(24)25)10-11-5-4-8-13(9-11)17(22)23/h1-9,14-15,24-25H,10,19H2,(H,20,21)(H,22,23). The average molecular weight is 342 g/mol. The van der Waals surface area contributed by atoms with Crippen LogP contribution in [0.15, 0.2) is 54.6 Å². The fraction of sp³-hybridized carbons (Fsp3) is 0.176. The molecule has 0 aromatic heterocycles. The number of benzene rings is 2. The maximum atomic E-state index is 12.3. The minimum Gasteiger partial charge on any atom is -0.478 e. The molecule has 2 aromatic rings. The summed E-state index contributed by atoms with van der Waals surface area (Å²) in [7, 11) is -1.82. The maximum Gasteiger partial charge on any atom is 0.475 e. The van der Waals surface area contributed by atoms with Crippen molar-refractivity contribution in [3.05, 3.63) is 71.3 Å². The lowest BCUT2D eigenvalue weighted by molar-refractivity contribution is -0.122. The number of amides is 1. The van der Waals surface area contributed by atoms with Crippen LogP contribution in [0.2, 0.25) is 0 Å². The van der Waals surface area contributed by atoms with Crippen molar-refractivity contribution < 1.29 is 24.7 Å². The van der Waals surface area contributed by atoms with Gasteiger partial charge in [0.15, 0.2) is 0 Å². The van der Waals surface area contributed by atoms with E-state index in [0.717, 1.165) is 0 Å². The van der Waals surface area contributed by atoms with Gasteiger partial charge < -0.3 is 26.2 Å². The third-order valence-electron chi connectivity index (χ3n) is 3.76. The van der Waals surface area contributed by atoms with Crippen molar-refractivity contribution in [3.8, 4) is 0 Å². The fourth-order valence-corrected chi connectivity index (χ4v) is 2.40. The molecular formula is C17H19BN2O5. The van der Waals surface area contributed by atoms with Gasteiger partial charge in [0.2, 0.25) is 5.91 Å². The minimum atomic E-state index is -1.82. The monoisotopic (exact) mass is 342 g/mol. The van der Waals surface area contributed by atoms with E-state index in [-0.39, 0.29) is 12.0 Å². The van der Waals surface area contributed by atoms with Crippen molar-refractivity contribution in [1.82, 2.24) is 5.32 Å². The van der Waals surface area contributed by atoms with Crippen LogP contribution in [-0.2, 0) is 11.2 Å². The van der Waals surface area contributed by atoms with Crippen LogP contribution in [-0.4, -0.2) is 40.1 Å². The number of rotatable bonds is 7. The van der Waals surface area contributed by atoms with Gasteiger partial charge in [-0.15, -0.1) is 0 Å². The molecule has 2 rings (SSSR count). The van der Waals surface area contributed by atoms with Crippen LogP contribution in [0.1, 0.15) is 27.5 Å². The zero-order valence-corrected chi connectivity index (χ0v) is 13.4. The number of hydrogen-bond donors (Lipinski definition) is 5. The quantitative estimate of drug-likeness (QED) is 0.454. The Morgan fingerprint density at radius 3 is 2.36 bits per heavy atom. The molecule has 0 radical (unpaired) electrons. The fourth-order valence-electron chi connectivity index (χ4n) is 2.40. The van der Waals surface area contributed by atoms with Crippen LogP contribution >= 0.6 is 0 Å². The normalized spacial score (nSPS) is 12.9. The molecule has 130 valence electrons. The molecule has 8 heteroatoms. The van der Waals surface area contributed by atoms with E-state index in [1.807, 2.05) is 0 Å². The van der Waals surface area contributed by atoms with Gasteiger partial charge in [0.1, 0.15) is 6.04 Å². The Labute approximate surface area is 145 Å². The number of carbonyl (C=O) groups is 2. The summed E-state index contributed by atoms with van der Waals surface area (Å²) in [6.45, 7) is 0. The van der Waals surface area contributed by atoms with Gasteiger partial charge in [-0.3, -0.25) is 4.79 Å². The van der Waals surface area contributed by atoms with Crippen LogP contribution in [0.4, 0.5) is 0 Å². The van der Waals surface area contributed by atoms with E-state index in [9.17, 15) is 19.6 Å². The first-order chi connectivity index (χ1) is 11.9. The molecule has 0 saturated heterocycles. The van der Waals surface area contributed by atoms with E-state index in [4.69, 9.17) is 10.8 Å². The molecule has 0 saturated carbocycles. The van der Waals surface area contributed by atoms with E-state index < -0.39 is 31.0 Å². The van der Waals surface area contributed by atoms with E-state index in [2.05, 4.69) is 5.32 Å². The molecule has 0 aliphatic carbocycles. The second-order valence-corrected chi connectivity index (χ2v) is 5.63. The summed E-state index contributed by atoms with van der Waals surface area (Å²) in [6.07, 6.45) is 0.0477. The number of carboxylic acids is 1. The molecule has 0 aliphatic rings. The SMILES string of the molecule is NC(C(=O)NC(Cc1cccc(C(=O)O)c1)B(O)O)c1ccccc1. The van der Waals surface area contributed by atoms with E-state index in [1.165, 1.54) is 12.1 Å². The van der Waals surface area contributed by atoms with Crippen LogP contribution in [0.25, 0.3) is 0 Å². The van der Waals surface area contributed by atoms with E-state index >= 15 is 0 Å². The zero-order valence-electron chi connectivity index (χ0n) is 13.4. The zero-order chi connectivity index (χ0) is 18.4. The molecule has 25 heavy (non-hydrogen) atoms. The van der Waals surface area contributed by atoms with Gasteiger partial charge in [-0.2, -0.15) is 0 Å². The van der Waals surface area contributed by atoms with Crippen LogP contribution < -0.4 is 11.1 Å². The Kier molecular flexibility index (Phi) is 6.29. The Morgan fingerprint density at radius 2 is 1.76 bits per heavy atom. The molecule has 7 nitrogen and oxygen atoms in total. The van der Waals surface area contributed by atoms with Gasteiger partial charge in [0, 0.05) is 0 Å². The molecule has 0 fully saturated rings. The van der Waals surface area contributed by atoms with Gasteiger partial charge in [-0.05, 0) is 29.7 Å². The Bertz CT molecular complexity index is 739. The topological polar surface area (TPSA) is 133 Å². The van der Waals surface area contributed by atoms with Crippen molar-refractivity contribution >= 4 is 19.0 Å². The Balaban J connectivity index is 2.09. The highest BCUT2D eigenvalue weighted by molar-refractivity contribution is 6.43. The Hall–Kier alpha value is -2.68. The molecule has 1 amide bonds. The lowest BCUT2D eigenvalue weighted by Gasteiger charge is -2.21. The summed E-state index contributed by atoms with van der Waals surface area (Å²) in [5.41, 5.74) is 7.11. The van der Waals surface area contributed by atoms with Gasteiger partial charge in [0.25, 0.3) is 0 Å². The number of carbonyl (C=O) groups excluding carboxylic acids is 1. The summed E-state index contributed by atoms with van der Waals surface area (Å²) in [5, 5.41) is 30.6. The molecule has 2 aromatic carbocycles. The first kappa shape index (κ1) is 18.7. The second-order valence-electron chi connectivity index (χ2n) is 5.63. The largest absolute Gasteiger partial charge is 0.478 e. The second kappa shape index (κ2) is 8.43. The summed E-state index contributed by atoms with van der Waals surface area (Å²) in [6, 6.07) is 13.8. The molecule has 6 N–H and O–H groups in total. The number of carboxylic acid groups (broad SMARTS) is 1. The molecule has 0 aliphatic heterocycles. The third kappa shape index (κ3) is 5.15. The minimum absolute atomic E-state index is 0.0477. The number of nitrogens with two attached hydrogens (primary N) is 1. The Morgan fingerprint density at radius 1 is 1.08 bits per heavy atom. The van der Waals surface area contributed by atoms with Crippen molar-refractivity contribution in [1.29, 1.82) is 0 Å². The predicted molar refractivity (Wildman–Crippen MR) is 92.6 cm³/mol. The van der Waals surface area contributed by atoms with Crippen molar-refractivity contribution in [2.75, 3.05) is 0 Å². The lowest BCUT2D eigenvalue weighted by Crippen LogP contribution is -2.50. The molecule has 0 spiro atoms. The van der Waals surface area contributed by atoms with E-state index in [1.54, 1.807) is 42.5 Å². The first-order valence-corrected chi connectivity index (χ1v) is 7.67. The molecule has 0 bridgehead atoms. The maximum absolute atomic E-state index is 12.3. The summed E-state index contributed by atoms with van der Waals surface area (Å²) in [5.74, 6) is -2.66. The number of nitrogens with one attached hydrogen (secondary N) is 1. The number of aromatic carboxylic acids is 1. The smallest absolute Gasteiger partial charge is 0.475 e. The van der Waals surface area contributed by atoms with Crippen molar-refractivity contribution in [3.63, 3.8) is 0 Å². The van der Waals surface area contributed by atoms with Crippen LogP contribution in [0, 0.1) is 0 Å². The molecule has 0 heterocycles. The molecular weight excluding hydrogens is 323 g/mol. The van der Waals surface area contributed by atoms with Gasteiger partial charge in [0.05, 0.1) is 11.5 Å². The molecule has 2 unspecified atom stereocenters. The van der Waals surface area contributed by atoms with Gasteiger partial charge in [-0.25, -0.2) is 4.79 Å². The summed E-state index contributed by atoms with van der Waals surface area (Å²) < 4.78 is 0. The lowest BCUT2D eigenvalue weighted by atomic mass is 9.75. The third-order valence-corrected chi connectivity index (χ3v) is 3.76.